The van der Waals surface area contributed by atoms with Crippen molar-refractivity contribution in [2.24, 2.45) is 11.1 Å². The first kappa shape index (κ1) is 13.1. The van der Waals surface area contributed by atoms with Crippen LogP contribution in [0.5, 0.6) is 0 Å². The van der Waals surface area contributed by atoms with Crippen LogP contribution in [0, 0.1) is 17.0 Å². The molecule has 16 heavy (non-hydrogen) atoms. The SMILES string of the molecule is CCC(CN)(CO)Cc1ccc(F)c(F)c1. The van der Waals surface area contributed by atoms with Crippen LogP contribution in [0.2, 0.25) is 0 Å². The van der Waals surface area contributed by atoms with E-state index in [4.69, 9.17) is 5.73 Å². The van der Waals surface area contributed by atoms with E-state index in [2.05, 4.69) is 0 Å². The fourth-order valence-electron chi connectivity index (χ4n) is 1.66. The monoisotopic (exact) mass is 229 g/mol. The van der Waals surface area contributed by atoms with Crippen molar-refractivity contribution < 1.29 is 13.9 Å². The average Bonchev–Trinajstić information content (AvgIpc) is 2.31. The summed E-state index contributed by atoms with van der Waals surface area (Å²) in [7, 11) is 0. The maximum atomic E-state index is 13.0. The highest BCUT2D eigenvalue weighted by atomic mass is 19.2. The Kier molecular flexibility index (Phi) is 4.38. The highest BCUT2D eigenvalue weighted by molar-refractivity contribution is 5.19. The van der Waals surface area contributed by atoms with Gasteiger partial charge in [0.2, 0.25) is 0 Å². The summed E-state index contributed by atoms with van der Waals surface area (Å²) in [5.74, 6) is -1.72. The predicted molar refractivity (Wildman–Crippen MR) is 58.9 cm³/mol. The lowest BCUT2D eigenvalue weighted by molar-refractivity contribution is 0.127. The molecule has 0 spiro atoms. The number of nitrogens with two attached hydrogens (primary N) is 1. The molecule has 3 N–H and O–H groups in total. The number of hydrogen-bond acceptors (Lipinski definition) is 2. The zero-order chi connectivity index (χ0) is 12.2. The predicted octanol–water partition coefficient (Wildman–Crippen LogP) is 1.85. The van der Waals surface area contributed by atoms with Crippen LogP contribution in [0.4, 0.5) is 8.78 Å². The first-order chi connectivity index (χ1) is 7.56. The Morgan fingerprint density at radius 1 is 1.31 bits per heavy atom. The molecule has 0 fully saturated rings. The standard InChI is InChI=1S/C12H17F2NO/c1-2-12(7-15,8-16)6-9-3-4-10(13)11(14)5-9/h3-5,16H,2,6-8,15H2,1H3. The van der Waals surface area contributed by atoms with Gasteiger partial charge in [0, 0.05) is 12.0 Å². The molecule has 1 unspecified atom stereocenters. The first-order valence-electron chi connectivity index (χ1n) is 5.32. The zero-order valence-corrected chi connectivity index (χ0v) is 9.34. The fraction of sp³-hybridized carbons (Fsp3) is 0.500. The topological polar surface area (TPSA) is 46.2 Å². The number of aliphatic hydroxyl groups excluding tert-OH is 1. The third-order valence-corrected chi connectivity index (χ3v) is 3.08. The maximum absolute atomic E-state index is 13.0. The normalized spacial score (nSPS) is 14.8. The molecule has 0 aliphatic heterocycles. The van der Waals surface area contributed by atoms with Gasteiger partial charge in [-0.15, -0.1) is 0 Å². The van der Waals surface area contributed by atoms with Gasteiger partial charge < -0.3 is 10.8 Å². The second kappa shape index (κ2) is 5.37. The van der Waals surface area contributed by atoms with E-state index in [-0.39, 0.29) is 6.61 Å². The molecule has 1 atom stereocenters. The smallest absolute Gasteiger partial charge is 0.159 e. The van der Waals surface area contributed by atoms with Crippen LogP contribution >= 0.6 is 0 Å². The maximum Gasteiger partial charge on any atom is 0.159 e. The van der Waals surface area contributed by atoms with E-state index >= 15 is 0 Å². The molecule has 1 aromatic carbocycles. The highest BCUT2D eigenvalue weighted by Crippen LogP contribution is 2.26. The van der Waals surface area contributed by atoms with Gasteiger partial charge in [-0.2, -0.15) is 0 Å². The van der Waals surface area contributed by atoms with Gasteiger partial charge in [-0.25, -0.2) is 8.78 Å². The second-order valence-electron chi connectivity index (χ2n) is 4.14. The second-order valence-corrected chi connectivity index (χ2v) is 4.14. The lowest BCUT2D eigenvalue weighted by Gasteiger charge is -2.29. The summed E-state index contributed by atoms with van der Waals surface area (Å²) >= 11 is 0. The van der Waals surface area contributed by atoms with Gasteiger partial charge in [0.25, 0.3) is 0 Å². The Labute approximate surface area is 94.1 Å². The molecule has 0 aromatic heterocycles. The Morgan fingerprint density at radius 3 is 2.44 bits per heavy atom. The van der Waals surface area contributed by atoms with Gasteiger partial charge in [0.1, 0.15) is 0 Å². The quantitative estimate of drug-likeness (QED) is 0.809. The van der Waals surface area contributed by atoms with Gasteiger partial charge in [0.05, 0.1) is 6.61 Å². The minimum Gasteiger partial charge on any atom is -0.396 e. The molecule has 0 saturated heterocycles. The molecule has 0 aliphatic carbocycles. The fourth-order valence-corrected chi connectivity index (χ4v) is 1.66. The highest BCUT2D eigenvalue weighted by Gasteiger charge is 2.26. The molecule has 0 saturated carbocycles. The van der Waals surface area contributed by atoms with Crippen LogP contribution in [0.3, 0.4) is 0 Å². The number of benzene rings is 1. The van der Waals surface area contributed by atoms with E-state index in [0.29, 0.717) is 24.9 Å². The van der Waals surface area contributed by atoms with Crippen molar-refractivity contribution >= 4 is 0 Å². The van der Waals surface area contributed by atoms with Crippen molar-refractivity contribution in [3.8, 4) is 0 Å². The summed E-state index contributed by atoms with van der Waals surface area (Å²) in [5, 5.41) is 9.31. The molecule has 0 amide bonds. The minimum atomic E-state index is -0.863. The van der Waals surface area contributed by atoms with Crippen molar-refractivity contribution in [2.45, 2.75) is 19.8 Å². The van der Waals surface area contributed by atoms with E-state index < -0.39 is 17.0 Å². The van der Waals surface area contributed by atoms with E-state index in [1.165, 1.54) is 6.07 Å². The van der Waals surface area contributed by atoms with Crippen molar-refractivity contribution in [1.29, 1.82) is 0 Å². The van der Waals surface area contributed by atoms with E-state index in [1.807, 2.05) is 6.92 Å². The van der Waals surface area contributed by atoms with E-state index in [9.17, 15) is 13.9 Å². The number of halogens is 2. The molecule has 0 aliphatic rings. The van der Waals surface area contributed by atoms with Gasteiger partial charge >= 0.3 is 0 Å². The van der Waals surface area contributed by atoms with Crippen LogP contribution in [-0.4, -0.2) is 18.3 Å². The van der Waals surface area contributed by atoms with Crippen molar-refractivity contribution in [1.82, 2.24) is 0 Å². The molecule has 4 heteroatoms. The molecular weight excluding hydrogens is 212 g/mol. The van der Waals surface area contributed by atoms with Crippen molar-refractivity contribution in [3.05, 3.63) is 35.4 Å². The van der Waals surface area contributed by atoms with Crippen LogP contribution in [0.25, 0.3) is 0 Å². The zero-order valence-electron chi connectivity index (χ0n) is 9.34. The molecule has 0 bridgehead atoms. The number of rotatable bonds is 5. The summed E-state index contributed by atoms with van der Waals surface area (Å²) in [6.45, 7) is 2.18. The summed E-state index contributed by atoms with van der Waals surface area (Å²) in [6.07, 6.45) is 1.15. The molecule has 0 radical (unpaired) electrons. The summed E-state index contributed by atoms with van der Waals surface area (Å²) < 4.78 is 25.7. The van der Waals surface area contributed by atoms with E-state index in [0.717, 1.165) is 12.1 Å². The summed E-state index contributed by atoms with van der Waals surface area (Å²) in [4.78, 5) is 0. The number of hydrogen-bond donors (Lipinski definition) is 2. The first-order valence-corrected chi connectivity index (χ1v) is 5.32. The van der Waals surface area contributed by atoms with Gasteiger partial charge in [-0.3, -0.25) is 0 Å². The summed E-state index contributed by atoms with van der Waals surface area (Å²) in [6, 6.07) is 3.78. The van der Waals surface area contributed by atoms with Crippen LogP contribution in [0.1, 0.15) is 18.9 Å². The van der Waals surface area contributed by atoms with Crippen LogP contribution in [0.15, 0.2) is 18.2 Å². The van der Waals surface area contributed by atoms with Gasteiger partial charge in [-0.1, -0.05) is 13.0 Å². The van der Waals surface area contributed by atoms with Crippen LogP contribution in [-0.2, 0) is 6.42 Å². The molecular formula is C12H17F2NO. The molecule has 1 rings (SSSR count). The largest absolute Gasteiger partial charge is 0.396 e. The molecule has 0 heterocycles. The van der Waals surface area contributed by atoms with Gasteiger partial charge in [0.15, 0.2) is 11.6 Å². The minimum absolute atomic E-state index is 0.0566. The number of aliphatic hydroxyl groups is 1. The molecule has 90 valence electrons. The van der Waals surface area contributed by atoms with Crippen molar-refractivity contribution in [2.75, 3.05) is 13.2 Å². The molecule has 2 nitrogen and oxygen atoms in total. The van der Waals surface area contributed by atoms with Crippen molar-refractivity contribution in [3.63, 3.8) is 0 Å². The lowest BCUT2D eigenvalue weighted by atomic mass is 9.80. The summed E-state index contributed by atoms with van der Waals surface area (Å²) in [5.41, 5.74) is 5.83. The van der Waals surface area contributed by atoms with E-state index in [1.54, 1.807) is 0 Å². The molecule has 1 aromatic rings. The lowest BCUT2D eigenvalue weighted by Crippen LogP contribution is -2.35. The third-order valence-electron chi connectivity index (χ3n) is 3.08. The van der Waals surface area contributed by atoms with Crippen LogP contribution < -0.4 is 5.73 Å². The Hall–Kier alpha value is -1.00. The Bertz CT molecular complexity index is 343. The Morgan fingerprint density at radius 2 is 2.00 bits per heavy atom. The third kappa shape index (κ3) is 2.77. The average molecular weight is 229 g/mol. The Balaban J connectivity index is 2.89. The van der Waals surface area contributed by atoms with Gasteiger partial charge in [-0.05, 0) is 30.5 Å².